The van der Waals surface area contributed by atoms with Crippen molar-refractivity contribution < 1.29 is 0 Å². The maximum absolute atomic E-state index is 3.62. The summed E-state index contributed by atoms with van der Waals surface area (Å²) in [5.74, 6) is 0. The Morgan fingerprint density at radius 3 is 0.872 bits per heavy atom. The highest BCUT2D eigenvalue weighted by atomic mass is 32.2. The summed E-state index contributed by atoms with van der Waals surface area (Å²) in [4.78, 5) is 0. The molecule has 1 heterocycles. The standard InChI is InChI=1S/C40H81N4P2Si/c1-32(2)41(33(3)4)45(42(34(5)6)35(7)8)40(47(9,10)11)46(45,43(36-24-16-12-17-25-36)37-26-18-13-19-27-37)44(38-28-20-14-21-29-38)39-30-22-15-23-31-39/h32-39H,12-31H2,1-11H3/q+1. The molecular formula is C40H81N4P2Si+. The minimum absolute atomic E-state index is 0.565. The molecule has 274 valence electrons. The Kier molecular flexibility index (Phi) is 13.5. The first kappa shape index (κ1) is 39.0. The van der Waals surface area contributed by atoms with Gasteiger partial charge < -0.3 is 0 Å². The second-order valence-electron chi connectivity index (χ2n) is 18.8. The number of rotatable bonds is 13. The predicted octanol–water partition coefficient (Wildman–Crippen LogP) is 12.8. The summed E-state index contributed by atoms with van der Waals surface area (Å²) in [5.41, 5.74) is 0. The lowest BCUT2D eigenvalue weighted by molar-refractivity contribution is 0.132. The molecule has 0 amide bonds. The largest absolute Gasteiger partial charge is 0.232 e. The van der Waals surface area contributed by atoms with Crippen molar-refractivity contribution in [2.45, 2.75) is 252 Å². The molecule has 0 unspecified atom stereocenters. The van der Waals surface area contributed by atoms with Crippen molar-refractivity contribution in [1.29, 1.82) is 0 Å². The molecule has 4 fully saturated rings. The van der Waals surface area contributed by atoms with Crippen molar-refractivity contribution in [1.82, 2.24) is 18.7 Å². The van der Waals surface area contributed by atoms with Crippen LogP contribution in [0.4, 0.5) is 0 Å². The SMILES string of the molecule is CC(C)N(C(C)C)P1(N(C(C)C)C(C)C)=C([Si](C)(C)C)[P+]1(N(C1CCCCC1)C1CCCCC1)N(C1CCCCC1)C1CCCCC1. The van der Waals surface area contributed by atoms with E-state index in [0.717, 1.165) is 24.2 Å². The van der Waals surface area contributed by atoms with Crippen LogP contribution in [0.15, 0.2) is 0 Å². The van der Waals surface area contributed by atoms with Crippen molar-refractivity contribution in [2.75, 3.05) is 0 Å². The molecule has 7 heteroatoms. The summed E-state index contributed by atoms with van der Waals surface area (Å²) in [6, 6.07) is 5.45. The van der Waals surface area contributed by atoms with Gasteiger partial charge in [0.25, 0.3) is 0 Å². The van der Waals surface area contributed by atoms with E-state index < -0.39 is 22.2 Å². The van der Waals surface area contributed by atoms with Gasteiger partial charge >= 0.3 is 0 Å². The van der Waals surface area contributed by atoms with Gasteiger partial charge in [-0.15, -0.1) is 9.34 Å². The minimum Gasteiger partial charge on any atom is -0.232 e. The summed E-state index contributed by atoms with van der Waals surface area (Å²) >= 11 is 0. The molecule has 4 nitrogen and oxygen atoms in total. The van der Waals surface area contributed by atoms with Crippen LogP contribution in [0.1, 0.15) is 184 Å². The quantitative estimate of drug-likeness (QED) is 0.140. The Morgan fingerprint density at radius 2 is 0.681 bits per heavy atom. The summed E-state index contributed by atoms with van der Waals surface area (Å²) in [7, 11) is -3.61. The lowest BCUT2D eigenvalue weighted by Gasteiger charge is -2.55. The third-order valence-corrected chi connectivity index (χ3v) is 35.5. The van der Waals surface area contributed by atoms with Crippen molar-refractivity contribution in [3.63, 3.8) is 0 Å². The van der Waals surface area contributed by atoms with Gasteiger partial charge in [-0.3, -0.25) is 0 Å². The fraction of sp³-hybridized carbons (Fsp3) is 0.975. The third-order valence-electron chi connectivity index (χ3n) is 12.8. The molecule has 4 aliphatic carbocycles. The second-order valence-corrected chi connectivity index (χ2v) is 33.3. The summed E-state index contributed by atoms with van der Waals surface area (Å²) in [6.07, 6.45) is 29.3. The van der Waals surface area contributed by atoms with Crippen molar-refractivity contribution in [3.8, 4) is 0 Å². The van der Waals surface area contributed by atoms with E-state index in [9.17, 15) is 0 Å². The smallest absolute Gasteiger partial charge is 0.231 e. The number of hydrogen-bond acceptors (Lipinski definition) is 4. The van der Waals surface area contributed by atoms with Gasteiger partial charge in [-0.05, 0) is 107 Å². The molecule has 5 rings (SSSR count). The summed E-state index contributed by atoms with van der Waals surface area (Å²) < 4.78 is 16.1. The Hall–Kier alpha value is 0.787. The van der Waals surface area contributed by atoms with Gasteiger partial charge in [-0.2, -0.15) is 0 Å². The van der Waals surface area contributed by atoms with E-state index in [4.69, 9.17) is 0 Å². The third kappa shape index (κ3) is 7.25. The minimum atomic E-state index is -1.88. The lowest BCUT2D eigenvalue weighted by Crippen LogP contribution is -2.54. The maximum atomic E-state index is 3.62. The molecule has 0 saturated heterocycles. The van der Waals surface area contributed by atoms with Crippen LogP contribution in [0.3, 0.4) is 0 Å². The van der Waals surface area contributed by atoms with E-state index in [-0.39, 0.29) is 0 Å². The first-order valence-corrected chi connectivity index (χ1v) is 28.7. The van der Waals surface area contributed by atoms with E-state index in [1.165, 1.54) is 128 Å². The first-order valence-electron chi connectivity index (χ1n) is 21.1. The fourth-order valence-corrected chi connectivity index (χ4v) is 48.2. The molecule has 0 aromatic rings. The van der Waals surface area contributed by atoms with Crippen LogP contribution in [0.25, 0.3) is 0 Å². The Morgan fingerprint density at radius 1 is 0.447 bits per heavy atom. The van der Waals surface area contributed by atoms with Crippen molar-refractivity contribution in [3.05, 3.63) is 0 Å². The van der Waals surface area contributed by atoms with Crippen molar-refractivity contribution >= 4 is 26.9 Å². The number of hydrogen-bond donors (Lipinski definition) is 0. The van der Waals surface area contributed by atoms with Crippen LogP contribution in [0.2, 0.25) is 19.6 Å². The highest BCUT2D eigenvalue weighted by Gasteiger charge is 2.89. The zero-order valence-corrected chi connectivity index (χ0v) is 36.2. The fourth-order valence-electron chi connectivity index (χ4n) is 11.8. The van der Waals surface area contributed by atoms with Gasteiger partial charge in [0.2, 0.25) is 14.1 Å². The lowest BCUT2D eigenvalue weighted by atomic mass is 9.90. The normalized spacial score (nSPS) is 26.0. The average Bonchev–Trinajstić information content (AvgIpc) is 3.61. The topological polar surface area (TPSA) is 13.0 Å². The van der Waals surface area contributed by atoms with Crippen LogP contribution in [-0.4, -0.2) is 79.7 Å². The summed E-state index contributed by atoms with van der Waals surface area (Å²) in [5, 5.41) is 0. The van der Waals surface area contributed by atoms with Gasteiger partial charge in [0.05, 0.1) is 0 Å². The van der Waals surface area contributed by atoms with E-state index in [2.05, 4.69) is 98.4 Å². The van der Waals surface area contributed by atoms with E-state index in [1.54, 1.807) is 0 Å². The molecular weight excluding hydrogens is 627 g/mol. The molecule has 0 bridgehead atoms. The molecule has 0 spiro atoms. The molecule has 5 aliphatic rings. The van der Waals surface area contributed by atoms with E-state index >= 15 is 0 Å². The monoisotopic (exact) mass is 708 g/mol. The van der Waals surface area contributed by atoms with E-state index in [1.807, 2.05) is 0 Å². The molecule has 0 radical (unpaired) electrons. The Labute approximate surface area is 296 Å². The van der Waals surface area contributed by atoms with Gasteiger partial charge in [0.15, 0.2) is 4.66 Å². The zero-order chi connectivity index (χ0) is 34.1. The van der Waals surface area contributed by atoms with Crippen LogP contribution in [0, 0.1) is 0 Å². The zero-order valence-electron chi connectivity index (χ0n) is 33.4. The Bertz CT molecular complexity index is 927. The molecule has 1 aliphatic heterocycles. The van der Waals surface area contributed by atoms with Gasteiger partial charge in [0.1, 0.15) is 8.07 Å². The average molecular weight is 708 g/mol. The molecule has 47 heavy (non-hydrogen) atoms. The molecule has 0 N–H and O–H groups in total. The molecule has 0 atom stereocenters. The molecule has 0 aromatic heterocycles. The first-order chi connectivity index (χ1) is 22.3. The highest BCUT2D eigenvalue weighted by molar-refractivity contribution is 8.68. The van der Waals surface area contributed by atoms with Crippen LogP contribution in [0.5, 0.6) is 0 Å². The van der Waals surface area contributed by atoms with Crippen LogP contribution >= 0.6 is 14.1 Å². The molecule has 0 aromatic carbocycles. The predicted molar refractivity (Wildman–Crippen MR) is 218 cm³/mol. The Balaban J connectivity index is 1.94. The van der Waals surface area contributed by atoms with Crippen LogP contribution in [-0.2, 0) is 0 Å². The summed E-state index contributed by atoms with van der Waals surface area (Å²) in [6.45, 7) is 27.4. The number of nitrogens with zero attached hydrogens (tertiary/aromatic N) is 4. The second kappa shape index (κ2) is 16.2. The molecule has 4 saturated carbocycles. The van der Waals surface area contributed by atoms with Gasteiger partial charge in [0, 0.05) is 48.3 Å². The van der Waals surface area contributed by atoms with Gasteiger partial charge in [-0.1, -0.05) is 96.7 Å². The van der Waals surface area contributed by atoms with Crippen molar-refractivity contribution in [2.24, 2.45) is 0 Å². The maximum Gasteiger partial charge on any atom is 0.231 e. The van der Waals surface area contributed by atoms with Crippen LogP contribution < -0.4 is 0 Å². The van der Waals surface area contributed by atoms with E-state index in [0.29, 0.717) is 24.2 Å². The highest BCUT2D eigenvalue weighted by Crippen LogP contribution is 3.12. The van der Waals surface area contributed by atoms with Gasteiger partial charge in [-0.25, -0.2) is 9.34 Å².